The molecule has 96 valence electrons. The maximum Gasteiger partial charge on any atom is 0.0314 e. The molecule has 1 nitrogen and oxygen atoms in total. The summed E-state index contributed by atoms with van der Waals surface area (Å²) in [5.74, 6) is 2.02. The number of hydrogen-bond acceptors (Lipinski definition) is 2. The van der Waals surface area contributed by atoms with Crippen molar-refractivity contribution in [3.8, 4) is 0 Å². The molecule has 0 fully saturated rings. The highest BCUT2D eigenvalue weighted by Crippen LogP contribution is 2.23. The molecule has 0 aliphatic carbocycles. The van der Waals surface area contributed by atoms with Crippen molar-refractivity contribution < 1.29 is 0 Å². The Hall–Kier alpha value is -0.470. The molecule has 1 atom stereocenters. The van der Waals surface area contributed by atoms with Crippen LogP contribution < -0.4 is 5.32 Å². The van der Waals surface area contributed by atoms with Crippen molar-refractivity contribution >= 4 is 11.8 Å². The molecule has 0 heterocycles. The first-order chi connectivity index (χ1) is 8.17. The van der Waals surface area contributed by atoms with Crippen molar-refractivity contribution in [1.29, 1.82) is 0 Å². The largest absolute Gasteiger partial charge is 0.313 e. The molecule has 1 aromatic rings. The van der Waals surface area contributed by atoms with Gasteiger partial charge in [0.15, 0.2) is 0 Å². The Kier molecular flexibility index (Phi) is 6.68. The highest BCUT2D eigenvalue weighted by Gasteiger charge is 2.05. The molecule has 2 heteroatoms. The number of rotatable bonds is 7. The predicted octanol–water partition coefficient (Wildman–Crippen LogP) is 4.50. The first-order valence-corrected chi connectivity index (χ1v) is 7.56. The third kappa shape index (κ3) is 5.13. The summed E-state index contributed by atoms with van der Waals surface area (Å²) in [6, 6.07) is 9.50. The molecule has 17 heavy (non-hydrogen) atoms. The fraction of sp³-hybridized carbons (Fsp3) is 0.600. The molecule has 0 bridgehead atoms. The molecule has 1 rings (SSSR count). The lowest BCUT2D eigenvalue weighted by Crippen LogP contribution is -2.14. The smallest absolute Gasteiger partial charge is 0.0314 e. The molecule has 0 aliphatic heterocycles. The van der Waals surface area contributed by atoms with Gasteiger partial charge in [-0.1, -0.05) is 32.9 Å². The Balaban J connectivity index is 2.49. The van der Waals surface area contributed by atoms with Gasteiger partial charge in [-0.05, 0) is 49.3 Å². The molecular weight excluding hydrogens is 226 g/mol. The normalized spacial score (nSPS) is 13.0. The Morgan fingerprint density at radius 2 is 1.82 bits per heavy atom. The molecule has 0 spiro atoms. The van der Waals surface area contributed by atoms with Crippen molar-refractivity contribution in [3.63, 3.8) is 0 Å². The second kappa shape index (κ2) is 7.78. The van der Waals surface area contributed by atoms with Gasteiger partial charge in [-0.3, -0.25) is 0 Å². The first-order valence-electron chi connectivity index (χ1n) is 6.57. The monoisotopic (exact) mass is 251 g/mol. The van der Waals surface area contributed by atoms with E-state index in [0.29, 0.717) is 6.04 Å². The van der Waals surface area contributed by atoms with Gasteiger partial charge in [0.05, 0.1) is 0 Å². The zero-order chi connectivity index (χ0) is 12.7. The van der Waals surface area contributed by atoms with Crippen LogP contribution in [0.15, 0.2) is 29.2 Å². The molecule has 0 radical (unpaired) electrons. The van der Waals surface area contributed by atoms with Gasteiger partial charge in [0, 0.05) is 10.9 Å². The van der Waals surface area contributed by atoms with E-state index in [2.05, 4.69) is 50.4 Å². The van der Waals surface area contributed by atoms with E-state index >= 15 is 0 Å². The maximum atomic E-state index is 3.34. The van der Waals surface area contributed by atoms with Gasteiger partial charge in [0.25, 0.3) is 0 Å². The van der Waals surface area contributed by atoms with Crippen molar-refractivity contribution in [1.82, 2.24) is 5.32 Å². The van der Waals surface area contributed by atoms with Gasteiger partial charge >= 0.3 is 0 Å². The molecule has 1 aromatic carbocycles. The highest BCUT2D eigenvalue weighted by molar-refractivity contribution is 7.99. The molecule has 0 amide bonds. The number of hydrogen-bond donors (Lipinski definition) is 1. The van der Waals surface area contributed by atoms with Crippen LogP contribution in [0, 0.1) is 5.92 Å². The Morgan fingerprint density at radius 3 is 2.29 bits per heavy atom. The van der Waals surface area contributed by atoms with Crippen LogP contribution in [0.4, 0.5) is 0 Å². The molecule has 0 saturated heterocycles. The fourth-order valence-electron chi connectivity index (χ4n) is 1.82. The second-order valence-corrected chi connectivity index (χ2v) is 6.02. The van der Waals surface area contributed by atoms with Gasteiger partial charge in [-0.15, -0.1) is 11.8 Å². The summed E-state index contributed by atoms with van der Waals surface area (Å²) in [7, 11) is 2.03. The van der Waals surface area contributed by atoms with Crippen molar-refractivity contribution in [3.05, 3.63) is 29.8 Å². The zero-order valence-electron chi connectivity index (χ0n) is 11.5. The van der Waals surface area contributed by atoms with Gasteiger partial charge in [0.1, 0.15) is 0 Å². The predicted molar refractivity (Wildman–Crippen MR) is 78.7 cm³/mol. The van der Waals surface area contributed by atoms with Crippen LogP contribution >= 0.6 is 11.8 Å². The topological polar surface area (TPSA) is 12.0 Å². The standard InChI is InChI=1S/C15H25NS/c1-5-15(16-4)13-6-8-14(9-7-13)17-11-10-12(2)3/h6-9,12,15-16H,5,10-11H2,1-4H3. The SMILES string of the molecule is CCC(NC)c1ccc(SCCC(C)C)cc1. The van der Waals surface area contributed by atoms with E-state index < -0.39 is 0 Å². The van der Waals surface area contributed by atoms with Crippen molar-refractivity contribution in [2.45, 2.75) is 44.6 Å². The second-order valence-electron chi connectivity index (χ2n) is 4.85. The van der Waals surface area contributed by atoms with Crippen LogP contribution in [0.5, 0.6) is 0 Å². The lowest BCUT2D eigenvalue weighted by molar-refractivity contribution is 0.576. The fourth-order valence-corrected chi connectivity index (χ4v) is 2.97. The molecule has 1 unspecified atom stereocenters. The van der Waals surface area contributed by atoms with Crippen molar-refractivity contribution in [2.24, 2.45) is 5.92 Å². The highest BCUT2D eigenvalue weighted by atomic mass is 32.2. The van der Waals surface area contributed by atoms with Crippen LogP contribution in [-0.4, -0.2) is 12.8 Å². The number of benzene rings is 1. The minimum absolute atomic E-state index is 0.490. The van der Waals surface area contributed by atoms with E-state index in [1.165, 1.54) is 22.6 Å². The van der Waals surface area contributed by atoms with Gasteiger partial charge in [-0.2, -0.15) is 0 Å². The molecule has 0 aliphatic rings. The van der Waals surface area contributed by atoms with Crippen LogP contribution in [0.25, 0.3) is 0 Å². The summed E-state index contributed by atoms with van der Waals surface area (Å²) < 4.78 is 0. The minimum atomic E-state index is 0.490. The molecule has 0 aromatic heterocycles. The first kappa shape index (κ1) is 14.6. The quantitative estimate of drug-likeness (QED) is 0.716. The van der Waals surface area contributed by atoms with Crippen LogP contribution in [0.1, 0.15) is 45.2 Å². The van der Waals surface area contributed by atoms with Gasteiger partial charge in [-0.25, -0.2) is 0 Å². The third-order valence-electron chi connectivity index (χ3n) is 3.00. The third-order valence-corrected chi connectivity index (χ3v) is 4.05. The van der Waals surface area contributed by atoms with E-state index in [1.807, 2.05) is 18.8 Å². The molecular formula is C15H25NS. The summed E-state index contributed by atoms with van der Waals surface area (Å²) in [6.07, 6.45) is 2.43. The zero-order valence-corrected chi connectivity index (χ0v) is 12.3. The van der Waals surface area contributed by atoms with Crippen LogP contribution in [-0.2, 0) is 0 Å². The number of thioether (sulfide) groups is 1. The van der Waals surface area contributed by atoms with Gasteiger partial charge in [0.2, 0.25) is 0 Å². The van der Waals surface area contributed by atoms with E-state index in [0.717, 1.165) is 12.3 Å². The summed E-state index contributed by atoms with van der Waals surface area (Å²) in [5, 5.41) is 3.34. The van der Waals surface area contributed by atoms with E-state index in [9.17, 15) is 0 Å². The maximum absolute atomic E-state index is 3.34. The van der Waals surface area contributed by atoms with E-state index in [4.69, 9.17) is 0 Å². The summed E-state index contributed by atoms with van der Waals surface area (Å²) in [5.41, 5.74) is 1.39. The number of nitrogens with one attached hydrogen (secondary N) is 1. The Bertz CT molecular complexity index is 301. The van der Waals surface area contributed by atoms with E-state index in [1.54, 1.807) is 0 Å². The van der Waals surface area contributed by atoms with Gasteiger partial charge < -0.3 is 5.32 Å². The van der Waals surface area contributed by atoms with Crippen molar-refractivity contribution in [2.75, 3.05) is 12.8 Å². The Labute approximate surface area is 110 Å². The molecule has 0 saturated carbocycles. The lowest BCUT2D eigenvalue weighted by atomic mass is 10.1. The van der Waals surface area contributed by atoms with Crippen LogP contribution in [0.3, 0.4) is 0 Å². The summed E-state index contributed by atoms with van der Waals surface area (Å²) in [4.78, 5) is 1.39. The minimum Gasteiger partial charge on any atom is -0.313 e. The summed E-state index contributed by atoms with van der Waals surface area (Å²) in [6.45, 7) is 6.78. The Morgan fingerprint density at radius 1 is 1.18 bits per heavy atom. The lowest BCUT2D eigenvalue weighted by Gasteiger charge is -2.14. The van der Waals surface area contributed by atoms with Crippen LogP contribution in [0.2, 0.25) is 0 Å². The van der Waals surface area contributed by atoms with E-state index in [-0.39, 0.29) is 0 Å². The summed E-state index contributed by atoms with van der Waals surface area (Å²) >= 11 is 1.96. The average Bonchev–Trinajstić information content (AvgIpc) is 2.32. The molecule has 1 N–H and O–H groups in total. The average molecular weight is 251 g/mol.